The molecule has 5 aromatic heterocycles. The van der Waals surface area contributed by atoms with Crippen LogP contribution in [0.4, 0.5) is 0 Å². The summed E-state index contributed by atoms with van der Waals surface area (Å²) in [4.78, 5) is 0. The summed E-state index contributed by atoms with van der Waals surface area (Å²) in [7, 11) is 0. The van der Waals surface area contributed by atoms with E-state index in [1.165, 1.54) is 28.2 Å². The Balaban J connectivity index is 1.18. The van der Waals surface area contributed by atoms with Gasteiger partial charge in [-0.25, -0.2) is 9.36 Å². The fourth-order valence-electron chi connectivity index (χ4n) is 6.60. The average molecular weight is 511 g/mol. The van der Waals surface area contributed by atoms with Gasteiger partial charge < -0.3 is 13.6 Å². The molecule has 0 saturated carbocycles. The predicted octanol–water partition coefficient (Wildman–Crippen LogP) is 6.79. The summed E-state index contributed by atoms with van der Waals surface area (Å²) in [5, 5.41) is 12.1. The van der Waals surface area contributed by atoms with Crippen molar-refractivity contribution in [2.75, 3.05) is 0 Å². The summed E-state index contributed by atoms with van der Waals surface area (Å²) in [6.45, 7) is 2.07. The van der Waals surface area contributed by atoms with Crippen molar-refractivity contribution in [1.82, 2.24) is 28.7 Å². The minimum absolute atomic E-state index is 0.856. The van der Waals surface area contributed by atoms with Crippen LogP contribution in [0.5, 0.6) is 0 Å². The van der Waals surface area contributed by atoms with Crippen LogP contribution in [0.25, 0.3) is 56.0 Å². The molecule has 0 aliphatic carbocycles. The topological polar surface area (TPSA) is 58.6 Å². The van der Waals surface area contributed by atoms with Gasteiger partial charge in [0.2, 0.25) is 0 Å². The number of para-hydroxylation sites is 1. The molecule has 0 spiro atoms. The minimum atomic E-state index is 0.856. The summed E-state index contributed by atoms with van der Waals surface area (Å²) in [5.41, 5.74) is 11.0. The zero-order valence-corrected chi connectivity index (χ0v) is 21.4. The fraction of sp³-hybridized carbons (Fsp3) is 0.188. The molecule has 0 saturated heterocycles. The van der Waals surface area contributed by atoms with E-state index in [1.54, 1.807) is 0 Å². The van der Waals surface area contributed by atoms with Crippen molar-refractivity contribution >= 4 is 21.9 Å². The molecular formula is C32H26N6O. The van der Waals surface area contributed by atoms with E-state index in [4.69, 9.17) is 14.6 Å². The molecule has 2 aliphatic rings. The number of hydrogen-bond donors (Lipinski definition) is 0. The lowest BCUT2D eigenvalue weighted by Crippen LogP contribution is -2.02. The molecule has 9 rings (SSSR count). The van der Waals surface area contributed by atoms with Crippen LogP contribution in [0, 0.1) is 0 Å². The number of rotatable bonds is 2. The van der Waals surface area contributed by atoms with Crippen molar-refractivity contribution in [3.8, 4) is 34.0 Å². The first-order valence-corrected chi connectivity index (χ1v) is 13.7. The van der Waals surface area contributed by atoms with Crippen LogP contribution in [-0.2, 0) is 25.9 Å². The van der Waals surface area contributed by atoms with Crippen molar-refractivity contribution in [3.05, 3.63) is 96.7 Å². The zero-order chi connectivity index (χ0) is 25.5. The summed E-state index contributed by atoms with van der Waals surface area (Å²) >= 11 is 0. The second kappa shape index (κ2) is 7.86. The molecular weight excluding hydrogens is 484 g/mol. The maximum Gasteiger partial charge on any atom is 0.161 e. The van der Waals surface area contributed by atoms with Crippen molar-refractivity contribution < 1.29 is 4.42 Å². The smallest absolute Gasteiger partial charge is 0.161 e. The molecule has 0 N–H and O–H groups in total. The number of hydrogen-bond acceptors (Lipinski definition) is 3. The Kier molecular flexibility index (Phi) is 4.27. The molecule has 190 valence electrons. The van der Waals surface area contributed by atoms with Crippen LogP contribution in [0.1, 0.15) is 24.1 Å². The second-order valence-electron chi connectivity index (χ2n) is 10.7. The van der Waals surface area contributed by atoms with Gasteiger partial charge in [-0.15, -0.1) is 0 Å². The van der Waals surface area contributed by atoms with Crippen molar-refractivity contribution in [3.63, 3.8) is 0 Å². The van der Waals surface area contributed by atoms with Gasteiger partial charge in [-0.05, 0) is 74.2 Å². The van der Waals surface area contributed by atoms with Crippen LogP contribution in [0.3, 0.4) is 0 Å². The molecule has 7 heteroatoms. The Bertz CT molecular complexity index is 2040. The highest BCUT2D eigenvalue weighted by molar-refractivity contribution is 6.08. The third kappa shape index (κ3) is 3.04. The van der Waals surface area contributed by atoms with Gasteiger partial charge in [-0.3, -0.25) is 0 Å². The van der Waals surface area contributed by atoms with E-state index in [2.05, 4.69) is 93.1 Å². The van der Waals surface area contributed by atoms with E-state index in [1.807, 2.05) is 10.9 Å². The van der Waals surface area contributed by atoms with Gasteiger partial charge >= 0.3 is 0 Å². The van der Waals surface area contributed by atoms with E-state index in [-0.39, 0.29) is 0 Å². The molecule has 0 unspecified atom stereocenters. The molecule has 0 radical (unpaired) electrons. The van der Waals surface area contributed by atoms with E-state index in [0.717, 1.165) is 77.8 Å². The highest BCUT2D eigenvalue weighted by Crippen LogP contribution is 2.37. The summed E-state index contributed by atoms with van der Waals surface area (Å²) in [6, 6.07) is 21.3. The van der Waals surface area contributed by atoms with E-state index in [9.17, 15) is 0 Å². The first-order chi connectivity index (χ1) is 19.3. The molecule has 0 amide bonds. The van der Waals surface area contributed by atoms with Crippen LogP contribution in [0.2, 0.25) is 0 Å². The summed E-state index contributed by atoms with van der Waals surface area (Å²) < 4.78 is 15.2. The monoisotopic (exact) mass is 510 g/mol. The number of furan rings is 1. The second-order valence-corrected chi connectivity index (χ2v) is 10.7. The Hall–Kier alpha value is -4.78. The van der Waals surface area contributed by atoms with Gasteiger partial charge in [-0.2, -0.15) is 10.2 Å². The van der Waals surface area contributed by atoms with Gasteiger partial charge in [0.05, 0.1) is 29.0 Å². The standard InChI is InChI=1S/C32H26N6O/c1-7-23-24-18-22(38-27-10-4-16-35-15-3-9-26(35)25(27)19-33-38)12-13-30(24)39-32(23)29(8-1)37-20-21-6-2-14-36-17-5-11-28(36)31(21)34-37/h1,3,5,7-9,11-13,15,17-20H,2,4,6,10,14,16H2. The highest BCUT2D eigenvalue weighted by Gasteiger charge is 2.22. The number of aromatic nitrogens is 6. The Morgan fingerprint density at radius 2 is 1.64 bits per heavy atom. The number of benzene rings is 2. The van der Waals surface area contributed by atoms with Gasteiger partial charge in [0.25, 0.3) is 0 Å². The van der Waals surface area contributed by atoms with E-state index >= 15 is 0 Å². The summed E-state index contributed by atoms with van der Waals surface area (Å²) in [5.74, 6) is 0. The van der Waals surface area contributed by atoms with Crippen molar-refractivity contribution in [2.45, 2.75) is 38.8 Å². The molecule has 7 heterocycles. The SMILES string of the molecule is c1cc(-n2cc3c(n2)-c2cccn2CCC3)c2oc3ccc(-n4ncc5c4CCCn4cccc4-5)cc3c2c1. The van der Waals surface area contributed by atoms with Gasteiger partial charge in [0.1, 0.15) is 17.0 Å². The van der Waals surface area contributed by atoms with Gasteiger partial charge in [0, 0.05) is 53.6 Å². The molecule has 2 aliphatic heterocycles. The molecule has 0 atom stereocenters. The highest BCUT2D eigenvalue weighted by atomic mass is 16.3. The maximum absolute atomic E-state index is 6.49. The third-order valence-electron chi connectivity index (χ3n) is 8.45. The van der Waals surface area contributed by atoms with Crippen molar-refractivity contribution in [2.24, 2.45) is 0 Å². The lowest BCUT2D eigenvalue weighted by Gasteiger charge is -2.08. The lowest BCUT2D eigenvalue weighted by molar-refractivity contribution is 0.645. The number of aryl methyl sites for hydroxylation is 3. The van der Waals surface area contributed by atoms with Crippen LogP contribution >= 0.6 is 0 Å². The largest absolute Gasteiger partial charge is 0.454 e. The fourth-order valence-corrected chi connectivity index (χ4v) is 6.60. The predicted molar refractivity (Wildman–Crippen MR) is 151 cm³/mol. The molecule has 2 aromatic carbocycles. The molecule has 7 nitrogen and oxygen atoms in total. The van der Waals surface area contributed by atoms with Crippen molar-refractivity contribution in [1.29, 1.82) is 0 Å². The quantitative estimate of drug-likeness (QED) is 0.257. The number of nitrogens with zero attached hydrogens (tertiary/aromatic N) is 6. The maximum atomic E-state index is 6.49. The zero-order valence-electron chi connectivity index (χ0n) is 21.4. The molecule has 0 fully saturated rings. The third-order valence-corrected chi connectivity index (χ3v) is 8.45. The molecule has 7 aromatic rings. The minimum Gasteiger partial charge on any atom is -0.454 e. The summed E-state index contributed by atoms with van der Waals surface area (Å²) in [6.07, 6.45) is 12.7. The number of fused-ring (bicyclic) bond motifs is 9. The van der Waals surface area contributed by atoms with Gasteiger partial charge in [0.15, 0.2) is 5.58 Å². The molecule has 0 bridgehead atoms. The Morgan fingerprint density at radius 1 is 0.795 bits per heavy atom. The average Bonchev–Trinajstić information content (AvgIpc) is 3.77. The van der Waals surface area contributed by atoms with Crippen LogP contribution in [0.15, 0.2) is 89.9 Å². The normalized spacial score (nSPS) is 14.6. The lowest BCUT2D eigenvalue weighted by atomic mass is 10.1. The van der Waals surface area contributed by atoms with Crippen LogP contribution < -0.4 is 0 Å². The first kappa shape index (κ1) is 21.2. The molecule has 39 heavy (non-hydrogen) atoms. The first-order valence-electron chi connectivity index (χ1n) is 13.7. The van der Waals surface area contributed by atoms with E-state index < -0.39 is 0 Å². The van der Waals surface area contributed by atoms with E-state index in [0.29, 0.717) is 0 Å². The Labute approximate surface area is 224 Å². The Morgan fingerprint density at radius 3 is 2.56 bits per heavy atom. The van der Waals surface area contributed by atoms with Crippen LogP contribution in [-0.4, -0.2) is 28.7 Å². The van der Waals surface area contributed by atoms with Gasteiger partial charge in [-0.1, -0.05) is 12.1 Å².